The van der Waals surface area contributed by atoms with Crippen LogP contribution in [0.2, 0.25) is 0 Å². The summed E-state index contributed by atoms with van der Waals surface area (Å²) in [5, 5.41) is 4.53. The monoisotopic (exact) mass is 261 g/mol. The molecule has 0 atom stereocenters. The average Bonchev–Trinajstić information content (AvgIpc) is 2.63. The number of nitrogens with zero attached hydrogens (tertiary/aromatic N) is 2. The largest absolute Gasteiger partial charge is 0.383 e. The van der Waals surface area contributed by atoms with Crippen molar-refractivity contribution in [3.05, 3.63) is 36.0 Å². The predicted octanol–water partition coefficient (Wildman–Crippen LogP) is 3.51. The van der Waals surface area contributed by atoms with Crippen LogP contribution in [0.4, 0.5) is 5.82 Å². The number of anilines is 1. The maximum Gasteiger partial charge on any atom is 0.141 e. The molecule has 1 aromatic heterocycles. The van der Waals surface area contributed by atoms with Gasteiger partial charge in [-0.2, -0.15) is 5.10 Å². The Balaban J connectivity index is 2.32. The minimum Gasteiger partial charge on any atom is -0.383 e. The topological polar surface area (TPSA) is 43.8 Å². The maximum atomic E-state index is 6.20. The van der Waals surface area contributed by atoms with Gasteiger partial charge in [0, 0.05) is 5.75 Å². The molecule has 0 aliphatic rings. The van der Waals surface area contributed by atoms with Gasteiger partial charge in [0.2, 0.25) is 0 Å². The summed E-state index contributed by atoms with van der Waals surface area (Å²) in [6.07, 6.45) is 0. The van der Waals surface area contributed by atoms with Crippen molar-refractivity contribution in [3.8, 4) is 5.69 Å². The van der Waals surface area contributed by atoms with Crippen molar-refractivity contribution in [2.75, 3.05) is 11.5 Å². The minimum atomic E-state index is 0.647. The number of para-hydroxylation sites is 1. The summed E-state index contributed by atoms with van der Waals surface area (Å²) in [5.74, 6) is 2.45. The lowest BCUT2D eigenvalue weighted by molar-refractivity contribution is 0.750. The van der Waals surface area contributed by atoms with E-state index in [1.54, 1.807) is 11.8 Å². The molecule has 0 saturated carbocycles. The fourth-order valence-electron chi connectivity index (χ4n) is 1.73. The lowest BCUT2D eigenvalue weighted by atomic mass is 10.3. The standard InChI is InChI=1S/C14H19N3S/c1-10(2)9-18-13-11(3)16-17(14(13)15)12-7-5-4-6-8-12/h4-8,10H,9,15H2,1-3H3. The van der Waals surface area contributed by atoms with Crippen LogP contribution in [-0.2, 0) is 0 Å². The van der Waals surface area contributed by atoms with E-state index in [1.807, 2.05) is 41.9 Å². The zero-order valence-corrected chi connectivity index (χ0v) is 11.9. The summed E-state index contributed by atoms with van der Waals surface area (Å²) in [4.78, 5) is 1.10. The molecule has 0 saturated heterocycles. The summed E-state index contributed by atoms with van der Waals surface area (Å²) in [5.41, 5.74) is 8.21. The molecule has 0 radical (unpaired) electrons. The van der Waals surface area contributed by atoms with Gasteiger partial charge >= 0.3 is 0 Å². The summed E-state index contributed by atoms with van der Waals surface area (Å²) in [6, 6.07) is 10.0. The Bertz CT molecular complexity index is 517. The third-order valence-electron chi connectivity index (χ3n) is 2.60. The highest BCUT2D eigenvalue weighted by Gasteiger charge is 2.14. The molecule has 0 fully saturated rings. The molecule has 0 bridgehead atoms. The van der Waals surface area contributed by atoms with Gasteiger partial charge in [0.05, 0.1) is 16.3 Å². The molecule has 0 aliphatic heterocycles. The van der Waals surface area contributed by atoms with E-state index in [0.29, 0.717) is 5.92 Å². The molecule has 2 rings (SSSR count). The van der Waals surface area contributed by atoms with Crippen molar-refractivity contribution in [1.82, 2.24) is 9.78 Å². The molecule has 1 heterocycles. The number of rotatable bonds is 4. The van der Waals surface area contributed by atoms with Gasteiger partial charge in [-0.3, -0.25) is 0 Å². The van der Waals surface area contributed by atoms with E-state index in [2.05, 4.69) is 18.9 Å². The van der Waals surface area contributed by atoms with Crippen molar-refractivity contribution in [3.63, 3.8) is 0 Å². The first-order chi connectivity index (χ1) is 8.59. The van der Waals surface area contributed by atoms with E-state index in [4.69, 9.17) is 5.73 Å². The zero-order valence-electron chi connectivity index (χ0n) is 11.1. The molecule has 0 aliphatic carbocycles. The third kappa shape index (κ3) is 2.70. The van der Waals surface area contributed by atoms with Gasteiger partial charge < -0.3 is 5.73 Å². The van der Waals surface area contributed by atoms with Gasteiger partial charge in [-0.25, -0.2) is 4.68 Å². The van der Waals surface area contributed by atoms with Crippen LogP contribution >= 0.6 is 11.8 Å². The number of aromatic nitrogens is 2. The molecule has 96 valence electrons. The fraction of sp³-hybridized carbons (Fsp3) is 0.357. The molecular formula is C14H19N3S. The number of benzene rings is 1. The molecular weight excluding hydrogens is 242 g/mol. The van der Waals surface area contributed by atoms with Gasteiger partial charge in [-0.05, 0) is 25.0 Å². The maximum absolute atomic E-state index is 6.20. The molecule has 4 heteroatoms. The van der Waals surface area contributed by atoms with E-state index < -0.39 is 0 Å². The number of aryl methyl sites for hydroxylation is 1. The lowest BCUT2D eigenvalue weighted by Crippen LogP contribution is -2.02. The lowest BCUT2D eigenvalue weighted by Gasteiger charge is -2.06. The quantitative estimate of drug-likeness (QED) is 0.856. The van der Waals surface area contributed by atoms with Crippen LogP contribution < -0.4 is 5.73 Å². The molecule has 3 nitrogen and oxygen atoms in total. The van der Waals surface area contributed by atoms with Gasteiger partial charge in [0.15, 0.2) is 0 Å². The normalized spacial score (nSPS) is 11.1. The summed E-state index contributed by atoms with van der Waals surface area (Å²) >= 11 is 1.79. The fourth-order valence-corrected chi connectivity index (χ4v) is 2.71. The van der Waals surface area contributed by atoms with E-state index in [1.165, 1.54) is 0 Å². The van der Waals surface area contributed by atoms with Crippen LogP contribution in [0.1, 0.15) is 19.5 Å². The van der Waals surface area contributed by atoms with E-state index >= 15 is 0 Å². The van der Waals surface area contributed by atoms with Crippen molar-refractivity contribution in [2.45, 2.75) is 25.7 Å². The van der Waals surface area contributed by atoms with Crippen LogP contribution in [-0.4, -0.2) is 15.5 Å². The van der Waals surface area contributed by atoms with Crippen LogP contribution in [0.15, 0.2) is 35.2 Å². The van der Waals surface area contributed by atoms with Gasteiger partial charge in [0.25, 0.3) is 0 Å². The summed E-state index contributed by atoms with van der Waals surface area (Å²) in [6.45, 7) is 6.43. The Morgan fingerprint density at radius 3 is 2.56 bits per heavy atom. The SMILES string of the molecule is Cc1nn(-c2ccccc2)c(N)c1SCC(C)C. The Labute approximate surface area is 112 Å². The van der Waals surface area contributed by atoms with Crippen LogP contribution in [0.5, 0.6) is 0 Å². The summed E-state index contributed by atoms with van der Waals surface area (Å²) < 4.78 is 1.82. The molecule has 2 aromatic rings. The zero-order chi connectivity index (χ0) is 13.1. The minimum absolute atomic E-state index is 0.647. The number of thioether (sulfide) groups is 1. The van der Waals surface area contributed by atoms with Crippen molar-refractivity contribution in [1.29, 1.82) is 0 Å². The number of nitrogen functional groups attached to an aromatic ring is 1. The highest BCUT2D eigenvalue weighted by Crippen LogP contribution is 2.31. The second kappa shape index (κ2) is 5.48. The molecule has 18 heavy (non-hydrogen) atoms. The van der Waals surface area contributed by atoms with Gasteiger partial charge in [-0.15, -0.1) is 11.8 Å². The average molecular weight is 261 g/mol. The third-order valence-corrected chi connectivity index (χ3v) is 4.23. The smallest absolute Gasteiger partial charge is 0.141 e. The first kappa shape index (κ1) is 13.0. The van der Waals surface area contributed by atoms with Crippen molar-refractivity contribution >= 4 is 17.6 Å². The second-order valence-electron chi connectivity index (χ2n) is 4.75. The Hall–Kier alpha value is -1.42. The number of hydrogen-bond donors (Lipinski definition) is 1. The van der Waals surface area contributed by atoms with Crippen LogP contribution in [0.3, 0.4) is 0 Å². The van der Waals surface area contributed by atoms with Crippen molar-refractivity contribution in [2.24, 2.45) is 5.92 Å². The Kier molecular flexibility index (Phi) is 3.97. The Morgan fingerprint density at radius 1 is 1.28 bits per heavy atom. The van der Waals surface area contributed by atoms with E-state index in [0.717, 1.165) is 27.8 Å². The molecule has 1 aromatic carbocycles. The van der Waals surface area contributed by atoms with Crippen molar-refractivity contribution < 1.29 is 0 Å². The van der Waals surface area contributed by atoms with Gasteiger partial charge in [0.1, 0.15) is 5.82 Å². The second-order valence-corrected chi connectivity index (χ2v) is 5.78. The van der Waals surface area contributed by atoms with E-state index in [9.17, 15) is 0 Å². The first-order valence-corrected chi connectivity index (χ1v) is 7.11. The predicted molar refractivity (Wildman–Crippen MR) is 78.3 cm³/mol. The molecule has 2 N–H and O–H groups in total. The highest BCUT2D eigenvalue weighted by molar-refractivity contribution is 7.99. The first-order valence-electron chi connectivity index (χ1n) is 6.13. The number of hydrogen-bond acceptors (Lipinski definition) is 3. The highest BCUT2D eigenvalue weighted by atomic mass is 32.2. The summed E-state index contributed by atoms with van der Waals surface area (Å²) in [7, 11) is 0. The molecule has 0 unspecified atom stereocenters. The van der Waals surface area contributed by atoms with Crippen LogP contribution in [0.25, 0.3) is 5.69 Å². The Morgan fingerprint density at radius 2 is 1.94 bits per heavy atom. The van der Waals surface area contributed by atoms with Crippen LogP contribution in [0, 0.1) is 12.8 Å². The molecule has 0 amide bonds. The molecule has 0 spiro atoms. The number of nitrogens with two attached hydrogens (primary N) is 1. The van der Waals surface area contributed by atoms with Gasteiger partial charge in [-0.1, -0.05) is 32.0 Å². The van der Waals surface area contributed by atoms with E-state index in [-0.39, 0.29) is 0 Å².